The van der Waals surface area contributed by atoms with Gasteiger partial charge in [-0.15, -0.1) is 0 Å². The van der Waals surface area contributed by atoms with Crippen LogP contribution in [0.2, 0.25) is 0 Å². The Morgan fingerprint density at radius 3 is 2.43 bits per heavy atom. The van der Waals surface area contributed by atoms with Gasteiger partial charge in [0.15, 0.2) is 0 Å². The van der Waals surface area contributed by atoms with Crippen LogP contribution in [0.4, 0.5) is 16.2 Å². The van der Waals surface area contributed by atoms with Gasteiger partial charge in [-0.3, -0.25) is 5.32 Å². The van der Waals surface area contributed by atoms with Gasteiger partial charge in [0.2, 0.25) is 0 Å². The van der Waals surface area contributed by atoms with Crippen LogP contribution in [0.15, 0.2) is 18.2 Å². The van der Waals surface area contributed by atoms with E-state index in [0.717, 1.165) is 11.4 Å². The largest absolute Gasteiger partial charge is 0.497 e. The van der Waals surface area contributed by atoms with Gasteiger partial charge in [0.05, 0.1) is 18.5 Å². The maximum absolute atomic E-state index is 12.0. The fourth-order valence-corrected chi connectivity index (χ4v) is 2.33. The fourth-order valence-electron chi connectivity index (χ4n) is 2.33. The van der Waals surface area contributed by atoms with Crippen molar-refractivity contribution in [2.75, 3.05) is 17.7 Å². The normalized spacial score (nSPS) is 17.1. The Balaban J connectivity index is 2.16. The summed E-state index contributed by atoms with van der Waals surface area (Å²) in [5.74, 6) is 0.746. The molecule has 1 aromatic rings. The molecule has 2 rings (SSSR count). The molecule has 1 amide bonds. The first-order valence-corrected chi connectivity index (χ1v) is 8.07. The first-order valence-electron chi connectivity index (χ1n) is 8.07. The molecule has 5 nitrogen and oxygen atoms in total. The van der Waals surface area contributed by atoms with Gasteiger partial charge in [0, 0.05) is 12.1 Å². The van der Waals surface area contributed by atoms with E-state index in [-0.39, 0.29) is 0 Å². The molecular weight excluding hydrogens is 292 g/mol. The summed E-state index contributed by atoms with van der Waals surface area (Å²) in [5.41, 5.74) is 1.33. The SMILES string of the molecule is COc1ccc(NC(=O)OC(C)(C)C)c(NC(C)C2(C)CC2)c1. The summed E-state index contributed by atoms with van der Waals surface area (Å²) in [6, 6.07) is 5.86. The van der Waals surface area contributed by atoms with Crippen LogP contribution in [0.5, 0.6) is 5.75 Å². The number of ether oxygens (including phenoxy) is 2. The molecule has 0 aliphatic heterocycles. The summed E-state index contributed by atoms with van der Waals surface area (Å²) in [6.07, 6.45) is 1.98. The summed E-state index contributed by atoms with van der Waals surface area (Å²) in [6.45, 7) is 9.97. The lowest BCUT2D eigenvalue weighted by Crippen LogP contribution is -2.28. The molecule has 1 aromatic carbocycles. The Bertz CT molecular complexity index is 574. The highest BCUT2D eigenvalue weighted by Crippen LogP contribution is 2.49. The molecule has 0 spiro atoms. The highest BCUT2D eigenvalue weighted by molar-refractivity contribution is 5.90. The quantitative estimate of drug-likeness (QED) is 0.829. The minimum atomic E-state index is -0.529. The molecule has 1 atom stereocenters. The van der Waals surface area contributed by atoms with Crippen LogP contribution >= 0.6 is 0 Å². The molecular formula is C18H28N2O3. The monoisotopic (exact) mass is 320 g/mol. The van der Waals surface area contributed by atoms with Gasteiger partial charge in [-0.05, 0) is 58.1 Å². The van der Waals surface area contributed by atoms with E-state index < -0.39 is 11.7 Å². The molecule has 5 heteroatoms. The lowest BCUT2D eigenvalue weighted by atomic mass is 10.0. The molecule has 0 radical (unpaired) electrons. The lowest BCUT2D eigenvalue weighted by molar-refractivity contribution is 0.0636. The van der Waals surface area contributed by atoms with Crippen LogP contribution in [0, 0.1) is 5.41 Å². The van der Waals surface area contributed by atoms with Crippen molar-refractivity contribution >= 4 is 17.5 Å². The van der Waals surface area contributed by atoms with Gasteiger partial charge in [0.25, 0.3) is 0 Å². The van der Waals surface area contributed by atoms with E-state index in [0.29, 0.717) is 17.1 Å². The zero-order valence-corrected chi connectivity index (χ0v) is 14.9. The Morgan fingerprint density at radius 2 is 1.91 bits per heavy atom. The predicted octanol–water partition coefficient (Wildman–Crippen LogP) is 4.64. The maximum atomic E-state index is 12.0. The number of benzene rings is 1. The Kier molecular flexibility index (Phi) is 4.78. The summed E-state index contributed by atoms with van der Waals surface area (Å²) < 4.78 is 10.6. The number of nitrogens with one attached hydrogen (secondary N) is 2. The molecule has 1 saturated carbocycles. The van der Waals surface area contributed by atoms with Crippen LogP contribution in [0.25, 0.3) is 0 Å². The summed E-state index contributed by atoms with van der Waals surface area (Å²) >= 11 is 0. The van der Waals surface area contributed by atoms with Gasteiger partial charge < -0.3 is 14.8 Å². The van der Waals surface area contributed by atoms with Crippen molar-refractivity contribution in [3.05, 3.63) is 18.2 Å². The van der Waals surface area contributed by atoms with Gasteiger partial charge in [0.1, 0.15) is 11.4 Å². The smallest absolute Gasteiger partial charge is 0.412 e. The predicted molar refractivity (Wildman–Crippen MR) is 93.3 cm³/mol. The first-order chi connectivity index (χ1) is 10.6. The number of amides is 1. The van der Waals surface area contributed by atoms with Crippen LogP contribution in [-0.2, 0) is 4.74 Å². The van der Waals surface area contributed by atoms with Gasteiger partial charge in [-0.2, -0.15) is 0 Å². The Morgan fingerprint density at radius 1 is 1.26 bits per heavy atom. The number of hydrogen-bond acceptors (Lipinski definition) is 4. The van der Waals surface area contributed by atoms with E-state index >= 15 is 0 Å². The third-order valence-electron chi connectivity index (χ3n) is 4.32. The minimum Gasteiger partial charge on any atom is -0.497 e. The van der Waals surface area contributed by atoms with E-state index in [4.69, 9.17) is 9.47 Å². The second-order valence-corrected chi connectivity index (χ2v) is 7.56. The topological polar surface area (TPSA) is 59.6 Å². The number of carbonyl (C=O) groups is 1. The fraction of sp³-hybridized carbons (Fsp3) is 0.611. The van der Waals surface area contributed by atoms with Crippen LogP contribution in [0.1, 0.15) is 47.5 Å². The zero-order valence-electron chi connectivity index (χ0n) is 14.9. The molecule has 0 aromatic heterocycles. The summed E-state index contributed by atoms with van der Waals surface area (Å²) in [7, 11) is 1.63. The Hall–Kier alpha value is -1.91. The van der Waals surface area contributed by atoms with Gasteiger partial charge in [-0.25, -0.2) is 4.79 Å². The average molecular weight is 320 g/mol. The highest BCUT2D eigenvalue weighted by atomic mass is 16.6. The molecule has 1 unspecified atom stereocenters. The van der Waals surface area contributed by atoms with E-state index in [1.54, 1.807) is 7.11 Å². The molecule has 128 valence electrons. The van der Waals surface area contributed by atoms with Crippen molar-refractivity contribution < 1.29 is 14.3 Å². The number of rotatable bonds is 5. The second kappa shape index (κ2) is 6.30. The maximum Gasteiger partial charge on any atom is 0.412 e. The van der Waals surface area contributed by atoms with E-state index in [1.165, 1.54) is 12.8 Å². The lowest BCUT2D eigenvalue weighted by Gasteiger charge is -2.25. The van der Waals surface area contributed by atoms with E-state index in [2.05, 4.69) is 24.5 Å². The van der Waals surface area contributed by atoms with Gasteiger partial charge >= 0.3 is 6.09 Å². The van der Waals surface area contributed by atoms with Crippen LogP contribution in [0.3, 0.4) is 0 Å². The zero-order chi connectivity index (χ0) is 17.3. The molecule has 0 heterocycles. The standard InChI is InChI=1S/C18H28N2O3/c1-12(18(5)9-10-18)19-15-11-13(22-6)7-8-14(15)20-16(21)23-17(2,3)4/h7-8,11-12,19H,9-10H2,1-6H3,(H,20,21). The van der Waals surface area contributed by atoms with Crippen molar-refractivity contribution in [3.8, 4) is 5.75 Å². The van der Waals surface area contributed by atoms with Crippen LogP contribution in [-0.4, -0.2) is 24.8 Å². The highest BCUT2D eigenvalue weighted by Gasteiger charge is 2.42. The van der Waals surface area contributed by atoms with Crippen molar-refractivity contribution in [2.24, 2.45) is 5.41 Å². The molecule has 1 aliphatic carbocycles. The third kappa shape index (κ3) is 4.78. The minimum absolute atomic E-state index is 0.314. The second-order valence-electron chi connectivity index (χ2n) is 7.56. The van der Waals surface area contributed by atoms with Crippen molar-refractivity contribution in [1.82, 2.24) is 0 Å². The third-order valence-corrected chi connectivity index (χ3v) is 4.32. The molecule has 0 bridgehead atoms. The van der Waals surface area contributed by atoms with Crippen molar-refractivity contribution in [3.63, 3.8) is 0 Å². The summed E-state index contributed by atoms with van der Waals surface area (Å²) in [5, 5.41) is 6.32. The van der Waals surface area contributed by atoms with Crippen molar-refractivity contribution in [2.45, 2.75) is 59.1 Å². The molecule has 1 fully saturated rings. The number of methoxy groups -OCH3 is 1. The van der Waals surface area contributed by atoms with Crippen molar-refractivity contribution in [1.29, 1.82) is 0 Å². The number of carbonyl (C=O) groups excluding carboxylic acids is 1. The average Bonchev–Trinajstić information content (AvgIpc) is 3.18. The molecule has 23 heavy (non-hydrogen) atoms. The molecule has 1 aliphatic rings. The Labute approximate surface area is 138 Å². The van der Waals surface area contributed by atoms with E-state index in [1.807, 2.05) is 39.0 Å². The van der Waals surface area contributed by atoms with Gasteiger partial charge in [-0.1, -0.05) is 6.92 Å². The van der Waals surface area contributed by atoms with E-state index in [9.17, 15) is 4.79 Å². The molecule has 0 saturated heterocycles. The molecule has 2 N–H and O–H groups in total. The first kappa shape index (κ1) is 17.4. The number of hydrogen-bond donors (Lipinski definition) is 2. The van der Waals surface area contributed by atoms with Crippen LogP contribution < -0.4 is 15.4 Å². The summed E-state index contributed by atoms with van der Waals surface area (Å²) in [4.78, 5) is 12.0. The number of anilines is 2.